The fraction of sp³-hybridized carbons (Fsp3) is 0.208. The van der Waals surface area contributed by atoms with Gasteiger partial charge in [-0.25, -0.2) is 14.0 Å². The molecule has 0 amide bonds. The van der Waals surface area contributed by atoms with E-state index < -0.39 is 23.5 Å². The molecule has 2 heterocycles. The summed E-state index contributed by atoms with van der Waals surface area (Å²) in [7, 11) is 2.79. The van der Waals surface area contributed by atoms with Crippen molar-refractivity contribution in [1.82, 2.24) is 25.0 Å². The highest BCUT2D eigenvalue weighted by Gasteiger charge is 2.27. The minimum absolute atomic E-state index is 0.00590. The normalized spacial score (nSPS) is 11.6. The van der Waals surface area contributed by atoms with Crippen molar-refractivity contribution in [2.75, 3.05) is 26.1 Å². The van der Waals surface area contributed by atoms with Crippen molar-refractivity contribution in [3.63, 3.8) is 0 Å². The molecule has 6 N–H and O–H groups in total. The fourth-order valence-electron chi connectivity index (χ4n) is 3.72. The summed E-state index contributed by atoms with van der Waals surface area (Å²) in [6.45, 7) is 1.77. The molecule has 0 bridgehead atoms. The maximum atomic E-state index is 15.4. The number of ether oxygens (including phenoxy) is 3. The number of esters is 1. The summed E-state index contributed by atoms with van der Waals surface area (Å²) in [6.07, 6.45) is 1.22. The van der Waals surface area contributed by atoms with Crippen LogP contribution >= 0.6 is 0 Å². The van der Waals surface area contributed by atoms with Crippen LogP contribution in [0.4, 0.5) is 10.1 Å². The molecule has 14 heteroatoms. The van der Waals surface area contributed by atoms with Crippen LogP contribution in [0.2, 0.25) is 0 Å². The molecule has 0 aliphatic carbocycles. The number of halogens is 1. The summed E-state index contributed by atoms with van der Waals surface area (Å²) < 4.78 is 31.8. The van der Waals surface area contributed by atoms with Gasteiger partial charge in [-0.3, -0.25) is 15.5 Å². The number of benzene rings is 2. The number of H-pyrrole nitrogens is 2. The first-order valence-corrected chi connectivity index (χ1v) is 11.3. The molecule has 0 fully saturated rings. The predicted molar refractivity (Wildman–Crippen MR) is 135 cm³/mol. The second-order valence-electron chi connectivity index (χ2n) is 7.88. The van der Waals surface area contributed by atoms with E-state index in [1.807, 2.05) is 0 Å². The van der Waals surface area contributed by atoms with E-state index in [1.54, 1.807) is 31.2 Å². The Morgan fingerprint density at radius 2 is 1.89 bits per heavy atom. The number of hydrogen-bond acceptors (Lipinski definition) is 9. The van der Waals surface area contributed by atoms with Gasteiger partial charge in [-0.15, -0.1) is 5.10 Å². The second kappa shape index (κ2) is 10.9. The van der Waals surface area contributed by atoms with Crippen LogP contribution in [0, 0.1) is 11.2 Å². The lowest BCUT2D eigenvalue weighted by Crippen LogP contribution is -2.19. The molecular weight excluding hydrogens is 499 g/mol. The van der Waals surface area contributed by atoms with Gasteiger partial charge >= 0.3 is 11.7 Å². The third-order valence-electron chi connectivity index (χ3n) is 5.56. The number of methoxy groups -OCH3 is 2. The van der Waals surface area contributed by atoms with Crippen molar-refractivity contribution >= 4 is 17.5 Å². The number of carbonyl (C=O) groups excluding carboxylic acids is 1. The summed E-state index contributed by atoms with van der Waals surface area (Å²) in [5.74, 6) is -1.05. The average molecular weight is 525 g/mol. The van der Waals surface area contributed by atoms with Gasteiger partial charge in [0, 0.05) is 22.9 Å². The number of rotatable bonds is 10. The van der Waals surface area contributed by atoms with Crippen molar-refractivity contribution < 1.29 is 23.4 Å². The summed E-state index contributed by atoms with van der Waals surface area (Å²) in [5.41, 5.74) is 5.90. The lowest BCUT2D eigenvalue weighted by Gasteiger charge is -2.20. The monoisotopic (exact) mass is 524 g/mol. The van der Waals surface area contributed by atoms with Crippen LogP contribution in [0.15, 0.2) is 47.4 Å². The van der Waals surface area contributed by atoms with Gasteiger partial charge < -0.3 is 25.3 Å². The first-order chi connectivity index (χ1) is 18.3. The van der Waals surface area contributed by atoms with E-state index in [1.165, 1.54) is 26.5 Å². The van der Waals surface area contributed by atoms with Gasteiger partial charge in [0.2, 0.25) is 0 Å². The zero-order chi connectivity index (χ0) is 27.4. The number of nitrogen functional groups attached to an aromatic ring is 1. The minimum Gasteiger partial charge on any atom is -0.493 e. The fourth-order valence-corrected chi connectivity index (χ4v) is 3.72. The van der Waals surface area contributed by atoms with Gasteiger partial charge in [-0.2, -0.15) is 9.78 Å². The first-order valence-electron chi connectivity index (χ1n) is 11.3. The molecule has 0 aliphatic rings. The number of amidine groups is 1. The van der Waals surface area contributed by atoms with Gasteiger partial charge in [-0.05, 0) is 37.3 Å². The van der Waals surface area contributed by atoms with Crippen molar-refractivity contribution in [1.29, 1.82) is 5.41 Å². The predicted octanol–water partition coefficient (Wildman–Crippen LogP) is 2.10. The lowest BCUT2D eigenvalue weighted by molar-refractivity contribution is 0.0526. The third kappa shape index (κ3) is 5.04. The van der Waals surface area contributed by atoms with Gasteiger partial charge in [0.05, 0.1) is 27.0 Å². The number of carbonyl (C=O) groups is 1. The van der Waals surface area contributed by atoms with Crippen LogP contribution in [0.5, 0.6) is 11.5 Å². The molecule has 0 saturated heterocycles. The molecule has 198 valence electrons. The maximum Gasteiger partial charge on any atom is 0.349 e. The van der Waals surface area contributed by atoms with E-state index in [0.29, 0.717) is 11.3 Å². The van der Waals surface area contributed by atoms with E-state index in [2.05, 4.69) is 25.6 Å². The molecule has 1 atom stereocenters. The van der Waals surface area contributed by atoms with Gasteiger partial charge in [0.1, 0.15) is 23.3 Å². The number of aromatic amines is 2. The highest BCUT2D eigenvalue weighted by molar-refractivity contribution is 5.95. The summed E-state index contributed by atoms with van der Waals surface area (Å²) >= 11 is 0. The molecule has 0 spiro atoms. The van der Waals surface area contributed by atoms with Crippen molar-refractivity contribution in [3.05, 3.63) is 81.4 Å². The summed E-state index contributed by atoms with van der Waals surface area (Å²) in [5, 5.41) is 21.5. The Labute approximate surface area is 215 Å². The van der Waals surface area contributed by atoms with Gasteiger partial charge in [0.15, 0.2) is 23.1 Å². The number of anilines is 1. The molecule has 13 nitrogen and oxygen atoms in total. The molecule has 2 aromatic heterocycles. The van der Waals surface area contributed by atoms with E-state index in [-0.39, 0.29) is 46.7 Å². The summed E-state index contributed by atoms with van der Waals surface area (Å²) in [4.78, 5) is 27.9. The second-order valence-corrected chi connectivity index (χ2v) is 7.88. The Balaban J connectivity index is 1.83. The maximum absolute atomic E-state index is 15.4. The molecular formula is C24H25FN8O5. The highest BCUT2D eigenvalue weighted by Crippen LogP contribution is 2.35. The number of nitrogens with one attached hydrogen (secondary N) is 4. The van der Waals surface area contributed by atoms with Crippen LogP contribution in [-0.4, -0.2) is 57.6 Å². The Morgan fingerprint density at radius 3 is 2.53 bits per heavy atom. The Hall–Kier alpha value is -5.14. The van der Waals surface area contributed by atoms with Crippen LogP contribution in [0.3, 0.4) is 0 Å². The zero-order valence-corrected chi connectivity index (χ0v) is 20.7. The molecule has 4 aromatic rings. The first kappa shape index (κ1) is 25.9. The Bertz CT molecular complexity index is 1530. The molecule has 4 rings (SSSR count). The molecule has 38 heavy (non-hydrogen) atoms. The van der Waals surface area contributed by atoms with E-state index >= 15 is 4.39 Å². The van der Waals surface area contributed by atoms with E-state index in [0.717, 1.165) is 10.7 Å². The molecule has 0 aliphatic heterocycles. The third-order valence-corrected chi connectivity index (χ3v) is 5.56. The Kier molecular flexibility index (Phi) is 7.41. The van der Waals surface area contributed by atoms with Crippen molar-refractivity contribution in [2.24, 2.45) is 5.73 Å². The van der Waals surface area contributed by atoms with E-state index in [4.69, 9.17) is 25.4 Å². The lowest BCUT2D eigenvalue weighted by atomic mass is 10.0. The van der Waals surface area contributed by atoms with Gasteiger partial charge in [0.25, 0.3) is 0 Å². The molecule has 0 saturated carbocycles. The quantitative estimate of drug-likeness (QED) is 0.118. The zero-order valence-electron chi connectivity index (χ0n) is 20.7. The topological polar surface area (TPSA) is 186 Å². The highest BCUT2D eigenvalue weighted by atomic mass is 19.1. The minimum atomic E-state index is -1.04. The smallest absolute Gasteiger partial charge is 0.349 e. The molecule has 0 radical (unpaired) electrons. The SMILES string of the molecule is CCOC(=O)c1cn[nH]c1-n1nc(C(Nc2ccc(C(=N)N)cc2)c2cc(OC)c(OC)cc2F)[nH]c1=O. The number of nitrogens with two attached hydrogens (primary N) is 1. The van der Waals surface area contributed by atoms with Gasteiger partial charge in [-0.1, -0.05) is 0 Å². The Morgan fingerprint density at radius 1 is 1.21 bits per heavy atom. The number of hydrogen-bond donors (Lipinski definition) is 5. The molecule has 1 unspecified atom stereocenters. The van der Waals surface area contributed by atoms with Crippen molar-refractivity contribution in [2.45, 2.75) is 13.0 Å². The number of nitrogens with zero attached hydrogens (tertiary/aromatic N) is 3. The standard InChI is InChI=1S/C24H25FN8O5/c1-4-38-23(34)15-11-28-31-22(15)33-24(35)30-21(32-33)19(29-13-7-5-12(6-8-13)20(26)27)14-9-17(36-2)18(37-3)10-16(14)25/h5-11,19,29H,4H2,1-3H3,(H3,26,27)(H,28,31)(H,30,32,35). The van der Waals surface area contributed by atoms with E-state index in [9.17, 15) is 9.59 Å². The molecule has 2 aromatic carbocycles. The van der Waals surface area contributed by atoms with Crippen LogP contribution < -0.4 is 26.2 Å². The largest absolute Gasteiger partial charge is 0.493 e. The number of aromatic nitrogens is 5. The summed E-state index contributed by atoms with van der Waals surface area (Å²) in [6, 6.07) is 8.06. The van der Waals surface area contributed by atoms with Crippen LogP contribution in [0.25, 0.3) is 5.82 Å². The van der Waals surface area contributed by atoms with Crippen LogP contribution in [-0.2, 0) is 4.74 Å². The van der Waals surface area contributed by atoms with Crippen LogP contribution in [0.1, 0.15) is 40.3 Å². The van der Waals surface area contributed by atoms with Crippen molar-refractivity contribution in [3.8, 4) is 17.3 Å². The average Bonchev–Trinajstić information content (AvgIpc) is 3.54.